The van der Waals surface area contributed by atoms with E-state index in [1.165, 1.54) is 29.2 Å². The van der Waals surface area contributed by atoms with Gasteiger partial charge in [0.1, 0.15) is 11.9 Å². The molecule has 2 aliphatic rings. The lowest BCUT2D eigenvalue weighted by molar-refractivity contribution is -0.124. The zero-order valence-electron chi connectivity index (χ0n) is 20.5. The third kappa shape index (κ3) is 6.48. The van der Waals surface area contributed by atoms with Crippen LogP contribution in [-0.4, -0.2) is 84.7 Å². The van der Waals surface area contributed by atoms with Gasteiger partial charge in [-0.15, -0.1) is 0 Å². The number of carbonyl (C=O) groups excluding carboxylic acids is 3. The zero-order valence-corrected chi connectivity index (χ0v) is 21.3. The highest BCUT2D eigenvalue weighted by Crippen LogP contribution is 2.28. The third-order valence-electron chi connectivity index (χ3n) is 6.22. The molecule has 0 spiro atoms. The predicted molar refractivity (Wildman–Crippen MR) is 140 cm³/mol. The van der Waals surface area contributed by atoms with Crippen molar-refractivity contribution in [3.63, 3.8) is 0 Å². The summed E-state index contributed by atoms with van der Waals surface area (Å²) in [6, 6.07) is 11.0. The second kappa shape index (κ2) is 12.2. The lowest BCUT2D eigenvalue weighted by atomic mass is 10.1. The van der Waals surface area contributed by atoms with Crippen molar-refractivity contribution >= 4 is 46.5 Å². The Balaban J connectivity index is 1.52. The van der Waals surface area contributed by atoms with Crippen molar-refractivity contribution in [1.29, 1.82) is 0 Å². The van der Waals surface area contributed by atoms with E-state index >= 15 is 0 Å². The van der Waals surface area contributed by atoms with Gasteiger partial charge in [0.25, 0.3) is 5.91 Å². The summed E-state index contributed by atoms with van der Waals surface area (Å²) < 4.78 is 23.7. The largest absolute Gasteiger partial charge is 0.462 e. The van der Waals surface area contributed by atoms with Gasteiger partial charge in [0.2, 0.25) is 5.91 Å². The van der Waals surface area contributed by atoms with Crippen molar-refractivity contribution in [2.24, 2.45) is 0 Å². The van der Waals surface area contributed by atoms with Gasteiger partial charge < -0.3 is 19.7 Å². The Kier molecular flexibility index (Phi) is 8.80. The van der Waals surface area contributed by atoms with E-state index in [4.69, 9.17) is 21.7 Å². The Labute approximate surface area is 220 Å². The van der Waals surface area contributed by atoms with Crippen LogP contribution in [0.4, 0.5) is 15.8 Å². The zero-order chi connectivity index (χ0) is 26.4. The van der Waals surface area contributed by atoms with E-state index < -0.39 is 17.8 Å². The van der Waals surface area contributed by atoms with Gasteiger partial charge in [-0.1, -0.05) is 0 Å². The number of thiocarbonyl (C=S) groups is 1. The van der Waals surface area contributed by atoms with Crippen molar-refractivity contribution in [1.82, 2.24) is 9.80 Å². The van der Waals surface area contributed by atoms with E-state index in [1.807, 2.05) is 0 Å². The van der Waals surface area contributed by atoms with Gasteiger partial charge in [-0.25, -0.2) is 9.18 Å². The van der Waals surface area contributed by atoms with E-state index in [2.05, 4.69) is 10.2 Å². The molecule has 1 atom stereocenters. The second-order valence-corrected chi connectivity index (χ2v) is 9.01. The number of hydrogen-bond donors (Lipinski definition) is 1. The van der Waals surface area contributed by atoms with Gasteiger partial charge in [-0.3, -0.25) is 19.4 Å². The summed E-state index contributed by atoms with van der Waals surface area (Å²) in [4.78, 5) is 43.9. The molecule has 0 bridgehead atoms. The Morgan fingerprint density at radius 3 is 2.41 bits per heavy atom. The molecule has 4 rings (SSSR count). The van der Waals surface area contributed by atoms with Gasteiger partial charge in [0.15, 0.2) is 5.11 Å². The summed E-state index contributed by atoms with van der Waals surface area (Å²) in [5.74, 6) is -1.58. The molecule has 0 aliphatic carbocycles. The van der Waals surface area contributed by atoms with Crippen LogP contribution >= 0.6 is 12.2 Å². The molecule has 2 aromatic carbocycles. The molecule has 0 saturated carbocycles. The molecule has 2 amide bonds. The summed E-state index contributed by atoms with van der Waals surface area (Å²) >= 11 is 5.71. The predicted octanol–water partition coefficient (Wildman–Crippen LogP) is 2.67. The van der Waals surface area contributed by atoms with Crippen molar-refractivity contribution in [2.75, 3.05) is 56.2 Å². The Morgan fingerprint density at radius 1 is 1.08 bits per heavy atom. The maximum absolute atomic E-state index is 13.6. The molecule has 1 N–H and O–H groups in total. The molecule has 0 aromatic heterocycles. The molecule has 2 fully saturated rings. The number of carbonyl (C=O) groups is 3. The van der Waals surface area contributed by atoms with Gasteiger partial charge in [-0.05, 0) is 67.7 Å². The van der Waals surface area contributed by atoms with E-state index in [0.717, 1.165) is 13.1 Å². The maximum Gasteiger partial charge on any atom is 0.338 e. The molecule has 37 heavy (non-hydrogen) atoms. The maximum atomic E-state index is 13.6. The molecule has 1 unspecified atom stereocenters. The number of anilines is 2. The minimum absolute atomic E-state index is 0.128. The van der Waals surface area contributed by atoms with E-state index in [0.29, 0.717) is 48.4 Å². The first-order valence-corrected chi connectivity index (χ1v) is 12.6. The highest BCUT2D eigenvalue weighted by atomic mass is 32.1. The lowest BCUT2D eigenvalue weighted by Gasteiger charge is -2.30. The van der Waals surface area contributed by atoms with Gasteiger partial charge in [0.05, 0.1) is 37.5 Å². The fraction of sp³-hybridized carbons (Fsp3) is 0.385. The quantitative estimate of drug-likeness (QED) is 0.393. The average Bonchev–Trinajstić information content (AvgIpc) is 3.13. The van der Waals surface area contributed by atoms with Crippen LogP contribution in [0.2, 0.25) is 0 Å². The molecular weight excluding hydrogens is 499 g/mol. The highest BCUT2D eigenvalue weighted by Gasteiger charge is 2.44. The number of nitrogens with zero attached hydrogens (tertiary/aromatic N) is 3. The molecule has 196 valence electrons. The topological polar surface area (TPSA) is 91.4 Å². The van der Waals surface area contributed by atoms with Crippen LogP contribution in [0.15, 0.2) is 48.5 Å². The Hall–Kier alpha value is -3.41. The van der Waals surface area contributed by atoms with Crippen LogP contribution in [0, 0.1) is 5.82 Å². The number of morpholine rings is 1. The van der Waals surface area contributed by atoms with Gasteiger partial charge in [0, 0.05) is 31.9 Å². The molecule has 0 radical (unpaired) electrons. The Bertz CT molecular complexity index is 1140. The van der Waals surface area contributed by atoms with Crippen molar-refractivity contribution in [3.05, 3.63) is 59.9 Å². The van der Waals surface area contributed by atoms with E-state index in [-0.39, 0.29) is 24.8 Å². The van der Waals surface area contributed by atoms with Crippen LogP contribution < -0.4 is 10.2 Å². The fourth-order valence-corrected chi connectivity index (χ4v) is 4.69. The standard InChI is InChI=1S/C26H29FN4O5S/c1-2-36-25(34)18-3-9-21(10-4-18)31-24(33)22(17-23(32)28-20-7-5-19(27)6-8-20)30(26(31)37)12-11-29-13-15-35-16-14-29/h3-10,22H,2,11-17H2,1H3,(H,28,32). The number of rotatable bonds is 9. The minimum Gasteiger partial charge on any atom is -0.462 e. The monoisotopic (exact) mass is 528 g/mol. The Morgan fingerprint density at radius 2 is 1.76 bits per heavy atom. The van der Waals surface area contributed by atoms with Crippen LogP contribution in [-0.2, 0) is 19.1 Å². The average molecular weight is 529 g/mol. The van der Waals surface area contributed by atoms with Gasteiger partial charge in [-0.2, -0.15) is 0 Å². The fourth-order valence-electron chi connectivity index (χ4n) is 4.28. The number of hydrogen-bond acceptors (Lipinski definition) is 7. The molecule has 2 heterocycles. The summed E-state index contributed by atoms with van der Waals surface area (Å²) in [5, 5.41) is 3.01. The molecule has 2 saturated heterocycles. The SMILES string of the molecule is CCOC(=O)c1ccc(N2C(=O)C(CC(=O)Nc3ccc(F)cc3)N(CCN3CCOCC3)C2=S)cc1. The van der Waals surface area contributed by atoms with Gasteiger partial charge >= 0.3 is 5.97 Å². The van der Waals surface area contributed by atoms with Crippen LogP contribution in [0.5, 0.6) is 0 Å². The van der Waals surface area contributed by atoms with E-state index in [9.17, 15) is 18.8 Å². The third-order valence-corrected chi connectivity index (χ3v) is 6.64. The molecule has 2 aliphatic heterocycles. The molecule has 9 nitrogen and oxygen atoms in total. The normalized spacial score (nSPS) is 18.3. The smallest absolute Gasteiger partial charge is 0.338 e. The molecule has 11 heteroatoms. The summed E-state index contributed by atoms with van der Waals surface area (Å²) in [5.41, 5.74) is 1.30. The van der Waals surface area contributed by atoms with Crippen LogP contribution in [0.25, 0.3) is 0 Å². The molecule has 2 aromatic rings. The number of amides is 2. The van der Waals surface area contributed by atoms with Crippen molar-refractivity contribution in [3.8, 4) is 0 Å². The number of halogens is 1. The lowest BCUT2D eigenvalue weighted by Crippen LogP contribution is -2.45. The first-order chi connectivity index (χ1) is 17.9. The number of nitrogens with one attached hydrogen (secondary N) is 1. The van der Waals surface area contributed by atoms with Crippen molar-refractivity contribution < 1.29 is 28.2 Å². The number of esters is 1. The van der Waals surface area contributed by atoms with Crippen LogP contribution in [0.3, 0.4) is 0 Å². The number of benzene rings is 2. The second-order valence-electron chi connectivity index (χ2n) is 8.65. The molecular formula is C26H29FN4O5S. The first-order valence-electron chi connectivity index (χ1n) is 12.1. The van der Waals surface area contributed by atoms with Crippen molar-refractivity contribution in [2.45, 2.75) is 19.4 Å². The minimum atomic E-state index is -0.807. The summed E-state index contributed by atoms with van der Waals surface area (Å²) in [6.45, 7) is 5.95. The number of ether oxygens (including phenoxy) is 2. The van der Waals surface area contributed by atoms with Crippen LogP contribution in [0.1, 0.15) is 23.7 Å². The summed E-state index contributed by atoms with van der Waals surface area (Å²) in [7, 11) is 0. The van der Waals surface area contributed by atoms with E-state index in [1.54, 1.807) is 36.1 Å². The summed E-state index contributed by atoms with van der Waals surface area (Å²) in [6.07, 6.45) is -0.128. The highest BCUT2D eigenvalue weighted by molar-refractivity contribution is 7.80. The first kappa shape index (κ1) is 26.6.